The van der Waals surface area contributed by atoms with E-state index in [1.165, 1.54) is 70.3 Å². The third kappa shape index (κ3) is 3.64. The Labute approximate surface area is 271 Å². The topological polar surface area (TPSA) is 9.29 Å². The summed E-state index contributed by atoms with van der Waals surface area (Å²) in [6, 6.07) is 39.6. The van der Waals surface area contributed by atoms with E-state index in [1.54, 1.807) is 6.92 Å². The Morgan fingerprint density at radius 2 is 1.37 bits per heavy atom. The van der Waals surface area contributed by atoms with Gasteiger partial charge in [0, 0.05) is 15.5 Å². The number of terminal acetylenes is 1. The van der Waals surface area contributed by atoms with Crippen LogP contribution in [0.3, 0.4) is 0 Å². The molecule has 0 saturated carbocycles. The first-order valence-electron chi connectivity index (χ1n) is 14.8. The molecule has 3 heteroatoms. The monoisotopic (exact) mass is 598 g/mol. The summed E-state index contributed by atoms with van der Waals surface area (Å²) in [6.07, 6.45) is 4.82. The fourth-order valence-corrected chi connectivity index (χ4v) is 8.52. The van der Waals surface area contributed by atoms with Crippen molar-refractivity contribution < 1.29 is 0 Å². The molecule has 0 radical (unpaired) electrons. The molecule has 0 amide bonds. The van der Waals surface area contributed by atoms with E-state index in [0.29, 0.717) is 5.69 Å². The van der Waals surface area contributed by atoms with Crippen molar-refractivity contribution in [2.24, 2.45) is 0 Å². The number of nitrogens with zero attached hydrogens (tertiary/aromatic N) is 2. The second-order valence-electron chi connectivity index (χ2n) is 11.0. The van der Waals surface area contributed by atoms with Crippen LogP contribution in [0.25, 0.3) is 52.9 Å². The molecule has 5 aromatic carbocycles. The molecular formula is C43H22N2S. The highest BCUT2D eigenvalue weighted by Gasteiger charge is 2.50. The Bertz CT molecular complexity index is 2700. The van der Waals surface area contributed by atoms with Gasteiger partial charge in [-0.15, -0.1) is 17.8 Å². The van der Waals surface area contributed by atoms with Gasteiger partial charge in [-0.1, -0.05) is 96.9 Å². The molecule has 0 N–H and O–H groups in total. The second-order valence-corrected chi connectivity index (χ2v) is 12.0. The van der Waals surface area contributed by atoms with Gasteiger partial charge >= 0.3 is 0 Å². The molecule has 9 rings (SSSR count). The number of hydrogen-bond acceptors (Lipinski definition) is 1. The van der Waals surface area contributed by atoms with Crippen LogP contribution in [0.1, 0.15) is 29.2 Å². The minimum atomic E-state index is -0.436. The van der Waals surface area contributed by atoms with E-state index in [0.717, 1.165) is 0 Å². The molecule has 1 aliphatic carbocycles. The van der Waals surface area contributed by atoms with Gasteiger partial charge in [-0.25, -0.2) is 4.85 Å². The summed E-state index contributed by atoms with van der Waals surface area (Å²) >= 11 is 1.89. The van der Waals surface area contributed by atoms with Crippen molar-refractivity contribution in [3.8, 4) is 64.7 Å². The predicted octanol–water partition coefficient (Wildman–Crippen LogP) is 9.88. The molecule has 46 heavy (non-hydrogen) atoms. The van der Waals surface area contributed by atoms with Crippen LogP contribution in [-0.4, -0.2) is 4.57 Å². The summed E-state index contributed by atoms with van der Waals surface area (Å²) in [5.74, 6) is 17.0. The molecule has 2 aliphatic rings. The number of para-hydroxylation sites is 2. The van der Waals surface area contributed by atoms with Gasteiger partial charge in [0.15, 0.2) is 5.69 Å². The number of thiophene rings is 1. The van der Waals surface area contributed by atoms with Crippen molar-refractivity contribution in [2.45, 2.75) is 12.3 Å². The smallest absolute Gasteiger partial charge is 0.187 e. The fourth-order valence-electron chi connectivity index (χ4n) is 7.30. The van der Waals surface area contributed by atoms with E-state index in [4.69, 9.17) is 13.0 Å². The van der Waals surface area contributed by atoms with Crippen molar-refractivity contribution in [3.63, 3.8) is 0 Å². The third-order valence-corrected chi connectivity index (χ3v) is 10.0. The molecule has 0 bridgehead atoms. The first kappa shape index (κ1) is 27.2. The van der Waals surface area contributed by atoms with Crippen molar-refractivity contribution in [3.05, 3.63) is 143 Å². The SMILES string of the molecule is C#CC#CC#CC#CC.[C-]#[N+]c1ccc2c(c1)-c1ccccc1C21c2ccccc2-n2c3c1cccc3c1sc3ccccc3c12. The first-order valence-corrected chi connectivity index (χ1v) is 15.6. The zero-order valence-electron chi connectivity index (χ0n) is 24.8. The van der Waals surface area contributed by atoms with Gasteiger partial charge < -0.3 is 4.57 Å². The average molecular weight is 599 g/mol. The average Bonchev–Trinajstić information content (AvgIpc) is 3.74. The zero-order chi connectivity index (χ0) is 31.3. The lowest BCUT2D eigenvalue weighted by molar-refractivity contribution is 0.749. The Morgan fingerprint density at radius 1 is 0.674 bits per heavy atom. The molecule has 1 aliphatic heterocycles. The van der Waals surface area contributed by atoms with Gasteiger partial charge in [-0.3, -0.25) is 0 Å². The summed E-state index contributed by atoms with van der Waals surface area (Å²) in [5.41, 5.74) is 11.7. The lowest BCUT2D eigenvalue weighted by Crippen LogP contribution is -2.33. The molecule has 1 spiro atoms. The van der Waals surface area contributed by atoms with Crippen LogP contribution < -0.4 is 0 Å². The minimum Gasteiger partial charge on any atom is -0.307 e. The number of aromatic nitrogens is 1. The van der Waals surface area contributed by atoms with Crippen molar-refractivity contribution in [1.82, 2.24) is 4.57 Å². The Hall–Kier alpha value is -6.41. The van der Waals surface area contributed by atoms with Gasteiger partial charge in [0.05, 0.1) is 33.4 Å². The molecule has 3 heterocycles. The maximum atomic E-state index is 7.67. The van der Waals surface area contributed by atoms with Crippen LogP contribution in [0.15, 0.2) is 109 Å². The van der Waals surface area contributed by atoms with Crippen LogP contribution in [0.4, 0.5) is 5.69 Å². The molecule has 0 saturated heterocycles. The number of rotatable bonds is 0. The molecule has 0 fully saturated rings. The summed E-state index contributed by atoms with van der Waals surface area (Å²) in [6.45, 7) is 9.38. The lowest BCUT2D eigenvalue weighted by atomic mass is 9.65. The van der Waals surface area contributed by atoms with Crippen molar-refractivity contribution in [1.29, 1.82) is 0 Å². The Balaban J connectivity index is 0.000000307. The van der Waals surface area contributed by atoms with Gasteiger partial charge in [-0.05, 0) is 94.0 Å². The highest BCUT2D eigenvalue weighted by atomic mass is 32.1. The molecule has 2 nitrogen and oxygen atoms in total. The number of fused-ring (bicyclic) bond motifs is 14. The van der Waals surface area contributed by atoms with E-state index in [2.05, 4.69) is 154 Å². The van der Waals surface area contributed by atoms with Crippen LogP contribution >= 0.6 is 11.3 Å². The van der Waals surface area contributed by atoms with Gasteiger partial charge in [0.2, 0.25) is 0 Å². The van der Waals surface area contributed by atoms with E-state index in [1.807, 2.05) is 17.4 Å². The summed E-state index contributed by atoms with van der Waals surface area (Å²) in [4.78, 5) is 3.77. The van der Waals surface area contributed by atoms with Gasteiger partial charge in [-0.2, -0.15) is 0 Å². The lowest BCUT2D eigenvalue weighted by Gasteiger charge is -2.39. The molecule has 1 atom stereocenters. The van der Waals surface area contributed by atoms with E-state index in [9.17, 15) is 0 Å². The Morgan fingerprint density at radius 3 is 2.22 bits per heavy atom. The third-order valence-electron chi connectivity index (χ3n) is 8.85. The minimum absolute atomic E-state index is 0.436. The Kier molecular flexibility index (Phi) is 6.28. The van der Waals surface area contributed by atoms with Crippen molar-refractivity contribution in [2.75, 3.05) is 0 Å². The van der Waals surface area contributed by atoms with Crippen molar-refractivity contribution >= 4 is 48.2 Å². The van der Waals surface area contributed by atoms with Gasteiger partial charge in [0.1, 0.15) is 0 Å². The van der Waals surface area contributed by atoms with Gasteiger partial charge in [0.25, 0.3) is 0 Å². The first-order chi connectivity index (χ1) is 22.7. The largest absolute Gasteiger partial charge is 0.307 e. The quantitative estimate of drug-likeness (QED) is 0.121. The molecular weight excluding hydrogens is 577 g/mol. The highest BCUT2D eigenvalue weighted by Crippen LogP contribution is 2.61. The van der Waals surface area contributed by atoms with Crippen LogP contribution in [0.2, 0.25) is 0 Å². The molecule has 1 unspecified atom stereocenters. The summed E-state index contributed by atoms with van der Waals surface area (Å²) < 4.78 is 5.19. The fraction of sp³-hybridized carbons (Fsp3) is 0.0465. The second kappa shape index (κ2) is 10.6. The van der Waals surface area contributed by atoms with E-state index in [-0.39, 0.29) is 0 Å². The summed E-state index contributed by atoms with van der Waals surface area (Å²) in [7, 11) is 0. The maximum absolute atomic E-state index is 7.67. The molecule has 2 aromatic heterocycles. The van der Waals surface area contributed by atoms with Crippen LogP contribution in [-0.2, 0) is 5.41 Å². The standard InChI is InChI=1S/C34H18N2S.C9H4/c1-35-20-17-18-26-24(19-20)21-9-2-4-12-25(21)34(26)27-13-5-6-15-29(27)36-31-23(11-8-14-28(31)34)33-32(36)22-10-3-7-16-30(22)37-33;1-3-5-7-9-8-6-4-2/h2-19H;1H,2H3. The van der Waals surface area contributed by atoms with E-state index < -0.39 is 5.41 Å². The molecule has 210 valence electrons. The van der Waals surface area contributed by atoms with Crippen LogP contribution in [0.5, 0.6) is 0 Å². The van der Waals surface area contributed by atoms with Crippen LogP contribution in [0, 0.1) is 54.4 Å². The molecule has 7 aromatic rings. The predicted molar refractivity (Wildman–Crippen MR) is 191 cm³/mol. The normalized spacial score (nSPS) is 14.2. The maximum Gasteiger partial charge on any atom is 0.187 e. The zero-order valence-corrected chi connectivity index (χ0v) is 25.6. The number of hydrogen-bond donors (Lipinski definition) is 0. The highest BCUT2D eigenvalue weighted by molar-refractivity contribution is 7.26. The summed E-state index contributed by atoms with van der Waals surface area (Å²) in [5, 5.41) is 2.62. The number of benzene rings is 5. The van der Waals surface area contributed by atoms with E-state index >= 15 is 0 Å².